The van der Waals surface area contributed by atoms with Crippen molar-refractivity contribution in [2.45, 2.75) is 12.8 Å². The third-order valence-electron chi connectivity index (χ3n) is 5.29. The molecular weight excluding hydrogens is 350 g/mol. The molecule has 1 amide bonds. The maximum absolute atomic E-state index is 13.3. The van der Waals surface area contributed by atoms with Gasteiger partial charge in [-0.3, -0.25) is 9.78 Å². The maximum atomic E-state index is 13.3. The Bertz CT molecular complexity index is 915. The standard InChI is InChI=1S/C22H25N5O/c1-23-14-17-9-12-26(13-10-17)22(28)20-16-27(19-7-3-2-4-8-19)25-21(20)18-6-5-11-24-15-18/h2-8,11,15-17,23H,9-10,12-14H2,1H3. The Morgan fingerprint density at radius 3 is 2.61 bits per heavy atom. The predicted octanol–water partition coefficient (Wildman–Crippen LogP) is 3.01. The van der Waals surface area contributed by atoms with Gasteiger partial charge in [-0.05, 0) is 56.6 Å². The summed E-state index contributed by atoms with van der Waals surface area (Å²) in [5, 5.41) is 7.97. The zero-order valence-electron chi connectivity index (χ0n) is 16.1. The molecule has 0 aliphatic carbocycles. The first-order valence-electron chi connectivity index (χ1n) is 9.75. The second-order valence-corrected chi connectivity index (χ2v) is 7.21. The van der Waals surface area contributed by atoms with Crippen molar-refractivity contribution >= 4 is 5.91 Å². The first-order valence-corrected chi connectivity index (χ1v) is 9.75. The van der Waals surface area contributed by atoms with Crippen LogP contribution >= 0.6 is 0 Å². The van der Waals surface area contributed by atoms with E-state index in [-0.39, 0.29) is 5.91 Å². The monoisotopic (exact) mass is 375 g/mol. The lowest BCUT2D eigenvalue weighted by atomic mass is 9.96. The van der Waals surface area contributed by atoms with E-state index in [1.54, 1.807) is 17.1 Å². The maximum Gasteiger partial charge on any atom is 0.257 e. The molecule has 1 aromatic carbocycles. The van der Waals surface area contributed by atoms with E-state index < -0.39 is 0 Å². The Morgan fingerprint density at radius 2 is 1.93 bits per heavy atom. The van der Waals surface area contributed by atoms with Crippen LogP contribution in [0.5, 0.6) is 0 Å². The van der Waals surface area contributed by atoms with Crippen LogP contribution < -0.4 is 5.32 Å². The predicted molar refractivity (Wildman–Crippen MR) is 109 cm³/mol. The molecule has 0 unspecified atom stereocenters. The minimum atomic E-state index is 0.0453. The number of likely N-dealkylation sites (tertiary alicyclic amines) is 1. The number of pyridine rings is 1. The number of benzene rings is 1. The van der Waals surface area contributed by atoms with Crippen LogP contribution in [0.4, 0.5) is 0 Å². The number of hydrogen-bond acceptors (Lipinski definition) is 4. The number of nitrogens with one attached hydrogen (secondary N) is 1. The second kappa shape index (κ2) is 8.35. The van der Waals surface area contributed by atoms with Gasteiger partial charge in [0.15, 0.2) is 0 Å². The molecule has 0 atom stereocenters. The zero-order valence-corrected chi connectivity index (χ0v) is 16.1. The summed E-state index contributed by atoms with van der Waals surface area (Å²) < 4.78 is 1.78. The Morgan fingerprint density at radius 1 is 1.14 bits per heavy atom. The van der Waals surface area contributed by atoms with Crippen LogP contribution in [0, 0.1) is 5.92 Å². The van der Waals surface area contributed by atoms with Crippen LogP contribution in [0.15, 0.2) is 61.1 Å². The molecule has 0 radical (unpaired) electrons. The number of aromatic nitrogens is 3. The Hall–Kier alpha value is -2.99. The normalized spacial score (nSPS) is 15.0. The van der Waals surface area contributed by atoms with Crippen molar-refractivity contribution in [1.29, 1.82) is 0 Å². The van der Waals surface area contributed by atoms with Gasteiger partial charge in [-0.2, -0.15) is 5.10 Å². The van der Waals surface area contributed by atoms with E-state index in [1.807, 2.05) is 60.6 Å². The number of amides is 1. The summed E-state index contributed by atoms with van der Waals surface area (Å²) in [5.74, 6) is 0.683. The van der Waals surface area contributed by atoms with Crippen LogP contribution in [-0.4, -0.2) is 52.3 Å². The summed E-state index contributed by atoms with van der Waals surface area (Å²) in [6.45, 7) is 2.58. The first-order chi connectivity index (χ1) is 13.8. The summed E-state index contributed by atoms with van der Waals surface area (Å²) in [6, 6.07) is 13.7. The largest absolute Gasteiger partial charge is 0.339 e. The van der Waals surface area contributed by atoms with E-state index in [0.29, 0.717) is 17.2 Å². The van der Waals surface area contributed by atoms with E-state index in [2.05, 4.69) is 10.3 Å². The lowest BCUT2D eigenvalue weighted by Crippen LogP contribution is -2.40. The van der Waals surface area contributed by atoms with Crippen molar-refractivity contribution in [3.05, 3.63) is 66.6 Å². The average molecular weight is 375 g/mol. The number of hydrogen-bond donors (Lipinski definition) is 1. The molecule has 28 heavy (non-hydrogen) atoms. The molecule has 6 heteroatoms. The van der Waals surface area contributed by atoms with Gasteiger partial charge in [0, 0.05) is 37.2 Å². The molecule has 0 saturated carbocycles. The van der Waals surface area contributed by atoms with E-state index in [1.165, 1.54) is 0 Å². The highest BCUT2D eigenvalue weighted by molar-refractivity contribution is 6.00. The molecule has 2 aromatic heterocycles. The highest BCUT2D eigenvalue weighted by Crippen LogP contribution is 2.26. The average Bonchev–Trinajstić information content (AvgIpc) is 3.21. The first kappa shape index (κ1) is 18.4. The topological polar surface area (TPSA) is 63.1 Å². The molecule has 1 N–H and O–H groups in total. The van der Waals surface area contributed by atoms with E-state index >= 15 is 0 Å². The quantitative estimate of drug-likeness (QED) is 0.745. The van der Waals surface area contributed by atoms with Crippen molar-refractivity contribution in [3.63, 3.8) is 0 Å². The van der Waals surface area contributed by atoms with Gasteiger partial charge in [0.2, 0.25) is 0 Å². The van der Waals surface area contributed by atoms with E-state index in [4.69, 9.17) is 5.10 Å². The van der Waals surface area contributed by atoms with Crippen molar-refractivity contribution in [2.24, 2.45) is 5.92 Å². The molecule has 0 bridgehead atoms. The summed E-state index contributed by atoms with van der Waals surface area (Å²) in [4.78, 5) is 19.5. The van der Waals surface area contributed by atoms with Gasteiger partial charge in [-0.25, -0.2) is 4.68 Å². The minimum absolute atomic E-state index is 0.0453. The van der Waals surface area contributed by atoms with E-state index in [9.17, 15) is 4.79 Å². The van der Waals surface area contributed by atoms with Crippen LogP contribution in [0.1, 0.15) is 23.2 Å². The summed E-state index contributed by atoms with van der Waals surface area (Å²) in [6.07, 6.45) is 7.39. The van der Waals surface area contributed by atoms with Crippen LogP contribution in [0.2, 0.25) is 0 Å². The number of para-hydroxylation sites is 1. The van der Waals surface area contributed by atoms with Gasteiger partial charge < -0.3 is 10.2 Å². The molecule has 3 aromatic rings. The molecule has 3 heterocycles. The Labute approximate surface area is 165 Å². The van der Waals surface area contributed by atoms with Crippen LogP contribution in [-0.2, 0) is 0 Å². The smallest absolute Gasteiger partial charge is 0.257 e. The fraction of sp³-hybridized carbons (Fsp3) is 0.318. The molecule has 0 spiro atoms. The SMILES string of the molecule is CNCC1CCN(C(=O)c2cn(-c3ccccc3)nc2-c2cccnc2)CC1. The molecule has 4 rings (SSSR count). The molecule has 144 valence electrons. The van der Waals surface area contributed by atoms with Gasteiger partial charge in [0.25, 0.3) is 5.91 Å². The van der Waals surface area contributed by atoms with E-state index in [0.717, 1.165) is 43.7 Å². The fourth-order valence-corrected chi connectivity index (χ4v) is 3.76. The van der Waals surface area contributed by atoms with Crippen molar-refractivity contribution in [2.75, 3.05) is 26.7 Å². The zero-order chi connectivity index (χ0) is 19.3. The van der Waals surface area contributed by atoms with Gasteiger partial charge >= 0.3 is 0 Å². The van der Waals surface area contributed by atoms with Gasteiger partial charge in [0.1, 0.15) is 5.69 Å². The number of piperidine rings is 1. The lowest BCUT2D eigenvalue weighted by molar-refractivity contribution is 0.0691. The fourth-order valence-electron chi connectivity index (χ4n) is 3.76. The lowest BCUT2D eigenvalue weighted by Gasteiger charge is -2.31. The molecule has 1 aliphatic heterocycles. The molecule has 1 fully saturated rings. The molecule has 1 aliphatic rings. The third-order valence-corrected chi connectivity index (χ3v) is 5.29. The van der Waals surface area contributed by atoms with Crippen molar-refractivity contribution < 1.29 is 4.79 Å². The van der Waals surface area contributed by atoms with Gasteiger partial charge in [0.05, 0.1) is 11.3 Å². The summed E-state index contributed by atoms with van der Waals surface area (Å²) >= 11 is 0. The van der Waals surface area contributed by atoms with Crippen molar-refractivity contribution in [1.82, 2.24) is 25.0 Å². The van der Waals surface area contributed by atoms with Gasteiger partial charge in [-0.15, -0.1) is 0 Å². The number of nitrogens with zero attached hydrogens (tertiary/aromatic N) is 4. The van der Waals surface area contributed by atoms with Gasteiger partial charge in [-0.1, -0.05) is 18.2 Å². The van der Waals surface area contributed by atoms with Crippen molar-refractivity contribution in [3.8, 4) is 16.9 Å². The Kier molecular flexibility index (Phi) is 5.48. The third kappa shape index (κ3) is 3.82. The number of carbonyl (C=O) groups is 1. The highest BCUT2D eigenvalue weighted by atomic mass is 16.2. The van der Waals surface area contributed by atoms with Crippen LogP contribution in [0.3, 0.4) is 0 Å². The molecule has 6 nitrogen and oxygen atoms in total. The number of rotatable bonds is 5. The summed E-state index contributed by atoms with van der Waals surface area (Å²) in [7, 11) is 1.98. The minimum Gasteiger partial charge on any atom is -0.339 e. The Balaban J connectivity index is 1.65. The second-order valence-electron chi connectivity index (χ2n) is 7.21. The van der Waals surface area contributed by atoms with Crippen LogP contribution in [0.25, 0.3) is 16.9 Å². The highest BCUT2D eigenvalue weighted by Gasteiger charge is 2.27. The molecule has 1 saturated heterocycles. The molecular formula is C22H25N5O. The summed E-state index contributed by atoms with van der Waals surface area (Å²) in [5.41, 5.74) is 3.09. The number of carbonyl (C=O) groups excluding carboxylic acids is 1.